The van der Waals surface area contributed by atoms with E-state index in [1.165, 1.54) is 0 Å². The first kappa shape index (κ1) is 25.3. The van der Waals surface area contributed by atoms with Crippen LogP contribution in [0.25, 0.3) is 0 Å². The smallest absolute Gasteiger partial charge is 0.322 e. The zero-order valence-corrected chi connectivity index (χ0v) is 20.3. The maximum atomic E-state index is 13.3. The molecule has 2 heterocycles. The summed E-state index contributed by atoms with van der Waals surface area (Å²) in [5, 5.41) is 16.6. The largest absolute Gasteiger partial charge is 0.494 e. The number of anilines is 1. The van der Waals surface area contributed by atoms with E-state index in [2.05, 4.69) is 15.5 Å². The number of hydrogen-bond acceptors (Lipinski definition) is 7. The lowest BCUT2D eigenvalue weighted by atomic mass is 9.92. The highest BCUT2D eigenvalue weighted by molar-refractivity contribution is 5.96. The van der Waals surface area contributed by atoms with Gasteiger partial charge in [-0.15, -0.1) is 0 Å². The normalized spacial score (nSPS) is 21.3. The molecule has 2 aromatic rings. The molecule has 10 heteroatoms. The number of alkyl halides is 2. The first-order chi connectivity index (χ1) is 16.7. The van der Waals surface area contributed by atoms with E-state index in [0.29, 0.717) is 31.2 Å². The fourth-order valence-corrected chi connectivity index (χ4v) is 4.84. The molecule has 0 spiro atoms. The Kier molecular flexibility index (Phi) is 7.88. The fourth-order valence-electron chi connectivity index (χ4n) is 4.84. The van der Waals surface area contributed by atoms with Crippen LogP contribution in [0.1, 0.15) is 73.7 Å². The van der Waals surface area contributed by atoms with Crippen LogP contribution in [-0.2, 0) is 5.92 Å². The summed E-state index contributed by atoms with van der Waals surface area (Å²) in [7, 11) is 0. The minimum Gasteiger partial charge on any atom is -0.494 e. The molecule has 2 fully saturated rings. The quantitative estimate of drug-likeness (QED) is 0.506. The molecule has 192 valence electrons. The topological polar surface area (TPSA) is 101 Å². The highest BCUT2D eigenvalue weighted by Gasteiger charge is 2.33. The molecule has 35 heavy (non-hydrogen) atoms. The van der Waals surface area contributed by atoms with Crippen molar-refractivity contribution < 1.29 is 27.9 Å². The van der Waals surface area contributed by atoms with Crippen LogP contribution in [0, 0.1) is 12.8 Å². The first-order valence-corrected chi connectivity index (χ1v) is 12.4. The van der Waals surface area contributed by atoms with Crippen molar-refractivity contribution in [2.24, 2.45) is 5.92 Å². The third-order valence-electron chi connectivity index (χ3n) is 6.95. The highest BCUT2D eigenvalue weighted by Crippen LogP contribution is 2.29. The summed E-state index contributed by atoms with van der Waals surface area (Å²) in [6.45, 7) is 4.63. The monoisotopic (exact) mass is 492 g/mol. The number of aryl methyl sites for hydroxylation is 1. The Balaban J connectivity index is 1.17. The van der Waals surface area contributed by atoms with Crippen molar-refractivity contribution in [3.63, 3.8) is 0 Å². The molecule has 1 aromatic carbocycles. The number of carbonyl (C=O) groups excluding carboxylic acids is 1. The molecule has 8 nitrogen and oxygen atoms in total. The SMILES string of the molecule is Cc1cc(OCCCC2CCN(c3noc(C(C)(F)F)n3)CC2)ccc1C(=O)N[C@@H]1CCC[C@H]1O. The average molecular weight is 493 g/mol. The van der Waals surface area contributed by atoms with Crippen LogP contribution in [0.15, 0.2) is 22.7 Å². The lowest BCUT2D eigenvalue weighted by molar-refractivity contribution is -0.0158. The molecule has 2 atom stereocenters. The van der Waals surface area contributed by atoms with Crippen molar-refractivity contribution in [2.75, 3.05) is 24.6 Å². The molecule has 0 radical (unpaired) electrons. The van der Waals surface area contributed by atoms with Crippen LogP contribution in [0.3, 0.4) is 0 Å². The number of aliphatic hydroxyl groups is 1. The second-order valence-corrected chi connectivity index (χ2v) is 9.76. The van der Waals surface area contributed by atoms with Gasteiger partial charge in [0, 0.05) is 25.6 Å². The van der Waals surface area contributed by atoms with E-state index in [-0.39, 0.29) is 17.9 Å². The van der Waals surface area contributed by atoms with Crippen molar-refractivity contribution in [1.29, 1.82) is 0 Å². The van der Waals surface area contributed by atoms with Crippen molar-refractivity contribution >= 4 is 11.9 Å². The van der Waals surface area contributed by atoms with Gasteiger partial charge in [-0.1, -0.05) is 0 Å². The number of rotatable bonds is 9. The summed E-state index contributed by atoms with van der Waals surface area (Å²) in [5.41, 5.74) is 1.44. The number of benzene rings is 1. The Hall–Kier alpha value is -2.75. The average Bonchev–Trinajstić information content (AvgIpc) is 3.47. The van der Waals surface area contributed by atoms with Crippen LogP contribution in [-0.4, -0.2) is 53.0 Å². The van der Waals surface area contributed by atoms with Crippen LogP contribution in [0.4, 0.5) is 14.7 Å². The molecular weight excluding hydrogens is 458 g/mol. The van der Waals surface area contributed by atoms with Crippen molar-refractivity contribution in [1.82, 2.24) is 15.5 Å². The molecule has 1 aliphatic heterocycles. The van der Waals surface area contributed by atoms with Gasteiger partial charge in [-0.2, -0.15) is 13.8 Å². The van der Waals surface area contributed by atoms with E-state index < -0.39 is 17.9 Å². The minimum absolute atomic E-state index is 0.160. The van der Waals surface area contributed by atoms with Gasteiger partial charge in [-0.25, -0.2) is 0 Å². The number of halogens is 2. The molecule has 1 saturated carbocycles. The number of hydrogen-bond donors (Lipinski definition) is 2. The molecule has 1 saturated heterocycles. The van der Waals surface area contributed by atoms with Crippen LogP contribution >= 0.6 is 0 Å². The maximum Gasteiger partial charge on any atom is 0.322 e. The predicted molar refractivity (Wildman–Crippen MR) is 126 cm³/mol. The zero-order chi connectivity index (χ0) is 25.0. The van der Waals surface area contributed by atoms with Crippen LogP contribution in [0.2, 0.25) is 0 Å². The van der Waals surface area contributed by atoms with Crippen molar-refractivity contribution in [3.05, 3.63) is 35.2 Å². The van der Waals surface area contributed by atoms with E-state index in [1.54, 1.807) is 6.07 Å². The fraction of sp³-hybridized carbons (Fsp3) is 0.640. The van der Waals surface area contributed by atoms with Gasteiger partial charge in [-0.3, -0.25) is 4.79 Å². The Bertz CT molecular complexity index is 1000. The molecule has 2 aliphatic rings. The van der Waals surface area contributed by atoms with Gasteiger partial charge in [0.15, 0.2) is 0 Å². The standard InChI is InChI=1S/C25H34F2N4O4/c1-16-15-18(8-9-19(16)22(33)28-20-6-3-7-21(20)32)34-14-4-5-17-10-12-31(13-11-17)24-29-23(35-30-24)25(2,26)27/h8-9,15,17,20-21,32H,3-7,10-14H2,1-2H3,(H,28,33)/t20-,21-/m1/s1. The van der Waals surface area contributed by atoms with E-state index in [1.807, 2.05) is 24.0 Å². The summed E-state index contributed by atoms with van der Waals surface area (Å²) in [4.78, 5) is 18.3. The first-order valence-electron chi connectivity index (χ1n) is 12.4. The Morgan fingerprint density at radius 2 is 2.06 bits per heavy atom. The Morgan fingerprint density at radius 3 is 2.69 bits per heavy atom. The Morgan fingerprint density at radius 1 is 1.29 bits per heavy atom. The summed E-state index contributed by atoms with van der Waals surface area (Å²) in [5.74, 6) is -2.44. The number of piperidine rings is 1. The number of amides is 1. The molecule has 0 unspecified atom stereocenters. The molecule has 0 bridgehead atoms. The van der Waals surface area contributed by atoms with Gasteiger partial charge in [0.2, 0.25) is 0 Å². The van der Waals surface area contributed by atoms with Gasteiger partial charge < -0.3 is 24.6 Å². The molecule has 1 amide bonds. The summed E-state index contributed by atoms with van der Waals surface area (Å²) in [6, 6.07) is 5.28. The molecule has 2 N–H and O–H groups in total. The molecule has 1 aromatic heterocycles. The number of nitrogens with one attached hydrogen (secondary N) is 1. The van der Waals surface area contributed by atoms with Crippen LogP contribution < -0.4 is 15.0 Å². The third-order valence-corrected chi connectivity index (χ3v) is 6.95. The number of nitrogens with zero attached hydrogens (tertiary/aromatic N) is 3. The summed E-state index contributed by atoms with van der Waals surface area (Å²) in [6.07, 6.45) is 5.79. The number of aliphatic hydroxyl groups excluding tert-OH is 1. The number of ether oxygens (including phenoxy) is 1. The van der Waals surface area contributed by atoms with E-state index in [4.69, 9.17) is 9.26 Å². The maximum absolute atomic E-state index is 13.3. The highest BCUT2D eigenvalue weighted by atomic mass is 19.3. The number of carbonyl (C=O) groups is 1. The summed E-state index contributed by atoms with van der Waals surface area (Å²) >= 11 is 0. The molecule has 4 rings (SSSR count). The molecule has 1 aliphatic carbocycles. The Labute approximate surface area is 204 Å². The summed E-state index contributed by atoms with van der Waals surface area (Å²) < 4.78 is 37.2. The van der Waals surface area contributed by atoms with Gasteiger partial charge >= 0.3 is 5.92 Å². The zero-order valence-electron chi connectivity index (χ0n) is 20.3. The van der Waals surface area contributed by atoms with Gasteiger partial charge in [-0.05, 0) is 86.7 Å². The van der Waals surface area contributed by atoms with E-state index >= 15 is 0 Å². The lowest BCUT2D eigenvalue weighted by Gasteiger charge is -2.30. The van der Waals surface area contributed by atoms with Crippen LogP contribution in [0.5, 0.6) is 5.75 Å². The predicted octanol–water partition coefficient (Wildman–Crippen LogP) is 4.21. The van der Waals surface area contributed by atoms with Gasteiger partial charge in [0.05, 0.1) is 18.8 Å². The number of aromatic nitrogens is 2. The third kappa shape index (κ3) is 6.48. The van der Waals surface area contributed by atoms with Crippen molar-refractivity contribution in [3.8, 4) is 5.75 Å². The minimum atomic E-state index is -3.13. The van der Waals surface area contributed by atoms with Gasteiger partial charge in [0.25, 0.3) is 17.7 Å². The lowest BCUT2D eigenvalue weighted by Crippen LogP contribution is -2.40. The molecular formula is C25H34F2N4O4. The second-order valence-electron chi connectivity index (χ2n) is 9.76. The van der Waals surface area contributed by atoms with E-state index in [9.17, 15) is 18.7 Å². The van der Waals surface area contributed by atoms with Gasteiger partial charge in [0.1, 0.15) is 5.75 Å². The second kappa shape index (κ2) is 10.9. The van der Waals surface area contributed by atoms with E-state index in [0.717, 1.165) is 63.2 Å². The van der Waals surface area contributed by atoms with Crippen molar-refractivity contribution in [2.45, 2.75) is 76.9 Å².